The minimum absolute atomic E-state index is 0.00444. The number of halogens is 3. The number of likely N-dealkylation sites (tertiary alicyclic amines) is 1. The number of aryl methyl sites for hydroxylation is 2. The molecule has 9 heteroatoms. The van der Waals surface area contributed by atoms with E-state index in [4.69, 9.17) is 0 Å². The van der Waals surface area contributed by atoms with E-state index < -0.39 is 11.7 Å². The van der Waals surface area contributed by atoms with Gasteiger partial charge in [0.25, 0.3) is 5.91 Å². The smallest absolute Gasteiger partial charge is 0.338 e. The van der Waals surface area contributed by atoms with Crippen LogP contribution in [0, 0.1) is 13.8 Å². The first-order valence-electron chi connectivity index (χ1n) is 13.2. The van der Waals surface area contributed by atoms with E-state index in [0.717, 1.165) is 44.5 Å². The Kier molecular flexibility index (Phi) is 7.95. The third-order valence-electron chi connectivity index (χ3n) is 8.42. The van der Waals surface area contributed by atoms with Gasteiger partial charge in [-0.25, -0.2) is 9.97 Å². The van der Waals surface area contributed by atoms with Gasteiger partial charge in [-0.2, -0.15) is 13.2 Å². The van der Waals surface area contributed by atoms with Crippen LogP contribution in [-0.2, 0) is 6.18 Å². The number of carbonyl (C=O) groups excluding carboxylic acids is 1. The molecule has 2 fully saturated rings. The van der Waals surface area contributed by atoms with E-state index in [1.807, 2.05) is 18.7 Å². The van der Waals surface area contributed by atoms with Crippen molar-refractivity contribution in [2.75, 3.05) is 32.7 Å². The lowest BCUT2D eigenvalue weighted by Gasteiger charge is -2.53. The van der Waals surface area contributed by atoms with E-state index in [1.54, 1.807) is 12.1 Å². The van der Waals surface area contributed by atoms with Gasteiger partial charge in [-0.1, -0.05) is 19.1 Å². The summed E-state index contributed by atoms with van der Waals surface area (Å²) in [4.78, 5) is 28.5. The predicted octanol–water partition coefficient (Wildman–Crippen LogP) is 5.26. The highest BCUT2D eigenvalue weighted by Crippen LogP contribution is 2.36. The van der Waals surface area contributed by atoms with Gasteiger partial charge in [0.15, 0.2) is 0 Å². The zero-order valence-corrected chi connectivity index (χ0v) is 22.5. The molecule has 1 aromatic heterocycles. The number of piperidine rings is 1. The van der Waals surface area contributed by atoms with Crippen LogP contribution in [0.2, 0.25) is 0 Å². The summed E-state index contributed by atoms with van der Waals surface area (Å²) in [5, 5.41) is 0. The van der Waals surface area contributed by atoms with Crippen LogP contribution >= 0.6 is 0 Å². The molecule has 0 unspecified atom stereocenters. The Labute approximate surface area is 217 Å². The van der Waals surface area contributed by atoms with Gasteiger partial charge in [-0.15, -0.1) is 0 Å². The molecule has 0 spiro atoms. The largest absolute Gasteiger partial charge is 0.416 e. The molecule has 37 heavy (non-hydrogen) atoms. The molecule has 2 aliphatic heterocycles. The molecule has 4 rings (SSSR count). The Morgan fingerprint density at radius 1 is 1.05 bits per heavy atom. The first-order valence-corrected chi connectivity index (χ1v) is 13.2. The normalized spacial score (nSPS) is 22.2. The van der Waals surface area contributed by atoms with E-state index >= 15 is 0 Å². The lowest BCUT2D eigenvalue weighted by atomic mass is 9.85. The number of carbonyl (C=O) groups is 1. The second kappa shape index (κ2) is 10.7. The van der Waals surface area contributed by atoms with Gasteiger partial charge in [-0.3, -0.25) is 14.6 Å². The molecule has 0 N–H and O–H groups in total. The van der Waals surface area contributed by atoms with Crippen LogP contribution in [0.5, 0.6) is 0 Å². The third kappa shape index (κ3) is 5.67. The van der Waals surface area contributed by atoms with E-state index in [9.17, 15) is 18.0 Å². The number of rotatable bonds is 5. The van der Waals surface area contributed by atoms with E-state index in [0.29, 0.717) is 30.0 Å². The number of benzene rings is 1. The van der Waals surface area contributed by atoms with E-state index in [-0.39, 0.29) is 23.5 Å². The summed E-state index contributed by atoms with van der Waals surface area (Å²) in [6, 6.07) is 6.01. The van der Waals surface area contributed by atoms with Crippen molar-refractivity contribution in [1.29, 1.82) is 0 Å². The second-order valence-corrected chi connectivity index (χ2v) is 10.8. The third-order valence-corrected chi connectivity index (χ3v) is 8.42. The molecular weight excluding hydrogens is 479 g/mol. The Balaban J connectivity index is 1.38. The van der Waals surface area contributed by atoms with Gasteiger partial charge < -0.3 is 4.90 Å². The molecule has 2 aliphatic rings. The highest BCUT2D eigenvalue weighted by Gasteiger charge is 2.41. The van der Waals surface area contributed by atoms with Gasteiger partial charge in [0.2, 0.25) is 0 Å². The van der Waals surface area contributed by atoms with Crippen LogP contribution in [-0.4, -0.2) is 74.9 Å². The Bertz CT molecular complexity index is 1080. The van der Waals surface area contributed by atoms with Crippen molar-refractivity contribution in [3.05, 3.63) is 58.7 Å². The summed E-state index contributed by atoms with van der Waals surface area (Å²) >= 11 is 0. The highest BCUT2D eigenvalue weighted by molar-refractivity contribution is 5.96. The van der Waals surface area contributed by atoms with Crippen molar-refractivity contribution in [1.82, 2.24) is 24.7 Å². The molecular formula is C28H38F3N5O. The summed E-state index contributed by atoms with van der Waals surface area (Å²) < 4.78 is 39.1. The zero-order chi connectivity index (χ0) is 27.0. The van der Waals surface area contributed by atoms with E-state index in [1.165, 1.54) is 18.5 Å². The topological polar surface area (TPSA) is 52.6 Å². The number of hydrogen-bond donors (Lipinski definition) is 0. The fourth-order valence-corrected chi connectivity index (χ4v) is 6.05. The van der Waals surface area contributed by atoms with Gasteiger partial charge in [0.05, 0.1) is 22.5 Å². The summed E-state index contributed by atoms with van der Waals surface area (Å²) in [6.45, 7) is 14.4. The summed E-state index contributed by atoms with van der Waals surface area (Å²) in [6.07, 6.45) is -0.190. The second-order valence-electron chi connectivity index (χ2n) is 10.8. The van der Waals surface area contributed by atoms with Crippen LogP contribution in [0.1, 0.15) is 78.9 Å². The molecule has 6 nitrogen and oxygen atoms in total. The van der Waals surface area contributed by atoms with Gasteiger partial charge in [0, 0.05) is 50.3 Å². The van der Waals surface area contributed by atoms with Crippen molar-refractivity contribution >= 4 is 5.91 Å². The van der Waals surface area contributed by atoms with Crippen LogP contribution in [0.25, 0.3) is 0 Å². The monoisotopic (exact) mass is 517 g/mol. The Morgan fingerprint density at radius 2 is 1.65 bits per heavy atom. The maximum absolute atomic E-state index is 13.2. The quantitative estimate of drug-likeness (QED) is 0.541. The molecule has 1 amide bonds. The fourth-order valence-electron chi connectivity index (χ4n) is 6.05. The number of alkyl halides is 3. The Hall–Kier alpha value is -2.52. The Morgan fingerprint density at radius 3 is 2.16 bits per heavy atom. The van der Waals surface area contributed by atoms with Crippen LogP contribution < -0.4 is 0 Å². The molecule has 0 saturated carbocycles. The highest BCUT2D eigenvalue weighted by atomic mass is 19.4. The number of amides is 1. The minimum atomic E-state index is -4.32. The molecule has 0 aliphatic carbocycles. The number of hydrogen-bond acceptors (Lipinski definition) is 5. The predicted molar refractivity (Wildman–Crippen MR) is 137 cm³/mol. The molecule has 202 valence electrons. The average Bonchev–Trinajstić information content (AvgIpc) is 2.85. The van der Waals surface area contributed by atoms with Crippen LogP contribution in [0.4, 0.5) is 13.2 Å². The standard InChI is InChI=1S/C28H38F3N5O/c1-6-24(22-7-9-23(10-8-22)28(29,30)31)36-16-15-35(17-19(36)2)27(5)11-13-34(14-12-27)26(37)25-20(3)32-18-33-21(25)4/h7-10,18-19,24H,6,11-17H2,1-5H3/t19-,24+/m0/s1. The summed E-state index contributed by atoms with van der Waals surface area (Å²) in [5.74, 6) is 0.0122. The van der Waals surface area contributed by atoms with Crippen molar-refractivity contribution in [2.24, 2.45) is 0 Å². The molecule has 2 saturated heterocycles. The maximum atomic E-state index is 13.2. The van der Waals surface area contributed by atoms with Crippen LogP contribution in [0.3, 0.4) is 0 Å². The maximum Gasteiger partial charge on any atom is 0.416 e. The van der Waals surface area contributed by atoms with Gasteiger partial charge >= 0.3 is 6.18 Å². The fraction of sp³-hybridized carbons (Fsp3) is 0.607. The van der Waals surface area contributed by atoms with Crippen LogP contribution in [0.15, 0.2) is 30.6 Å². The molecule has 1 aromatic carbocycles. The first kappa shape index (κ1) is 27.5. The molecule has 2 atom stereocenters. The number of piperazine rings is 1. The lowest BCUT2D eigenvalue weighted by molar-refractivity contribution is -0.137. The van der Waals surface area contributed by atoms with E-state index in [2.05, 4.69) is 40.5 Å². The van der Waals surface area contributed by atoms with Crippen molar-refractivity contribution in [3.8, 4) is 0 Å². The molecule has 2 aromatic rings. The SMILES string of the molecule is CC[C@H](c1ccc(C(F)(F)F)cc1)N1CCN(C2(C)CCN(C(=O)c3c(C)ncnc3C)CC2)C[C@@H]1C. The van der Waals surface area contributed by atoms with Crippen molar-refractivity contribution in [3.63, 3.8) is 0 Å². The number of nitrogens with zero attached hydrogens (tertiary/aromatic N) is 5. The van der Waals surface area contributed by atoms with Crippen molar-refractivity contribution in [2.45, 2.75) is 77.7 Å². The summed E-state index contributed by atoms with van der Waals surface area (Å²) in [7, 11) is 0. The lowest BCUT2D eigenvalue weighted by Crippen LogP contribution is -2.62. The minimum Gasteiger partial charge on any atom is -0.338 e. The van der Waals surface area contributed by atoms with Crippen molar-refractivity contribution < 1.29 is 18.0 Å². The van der Waals surface area contributed by atoms with Gasteiger partial charge in [0.1, 0.15) is 6.33 Å². The molecule has 3 heterocycles. The summed E-state index contributed by atoms with van der Waals surface area (Å²) in [5.41, 5.74) is 2.38. The van der Waals surface area contributed by atoms with Gasteiger partial charge in [-0.05, 0) is 64.7 Å². The average molecular weight is 518 g/mol. The zero-order valence-electron chi connectivity index (χ0n) is 22.5. The molecule has 0 bridgehead atoms. The first-order chi connectivity index (χ1) is 17.4. The molecule has 0 radical (unpaired) electrons. The number of aromatic nitrogens is 2.